The summed E-state index contributed by atoms with van der Waals surface area (Å²) in [5, 5.41) is 5.24. The summed E-state index contributed by atoms with van der Waals surface area (Å²) in [6.07, 6.45) is 0.986. The van der Waals surface area contributed by atoms with E-state index in [0.29, 0.717) is 17.7 Å². The van der Waals surface area contributed by atoms with E-state index in [1.165, 1.54) is 6.07 Å². The van der Waals surface area contributed by atoms with Crippen LogP contribution in [0.1, 0.15) is 41.6 Å². The lowest BCUT2D eigenvalue weighted by molar-refractivity contribution is -0.137. The van der Waals surface area contributed by atoms with Crippen molar-refractivity contribution in [2.24, 2.45) is 0 Å². The Hall–Kier alpha value is -3.34. The van der Waals surface area contributed by atoms with Gasteiger partial charge in [-0.1, -0.05) is 6.07 Å². The fourth-order valence-corrected chi connectivity index (χ4v) is 4.59. The Morgan fingerprint density at radius 3 is 2.56 bits per heavy atom. The van der Waals surface area contributed by atoms with Crippen molar-refractivity contribution in [3.8, 4) is 11.6 Å². The number of halogens is 3. The zero-order valence-electron chi connectivity index (χ0n) is 19.9. The Labute approximate surface area is 207 Å². The minimum absolute atomic E-state index is 0.0188. The standard InChI is InChI=1S/C25H29F3N4O4/c1-35-21-6-3-11-29-24(21)36-20-9-7-19(8-10-20)32-14-18(15-32)31-22(33)13-30-23(34)16-4-2-5-17(12-16)25(26,27)28/h2-6,11-12,18-20H,7-10,13-15H2,1H3,(H,30,34)(H,31,33). The van der Waals surface area contributed by atoms with Gasteiger partial charge in [0.05, 0.1) is 25.3 Å². The maximum absolute atomic E-state index is 12.8. The van der Waals surface area contributed by atoms with Gasteiger partial charge in [-0.2, -0.15) is 13.2 Å². The fraction of sp³-hybridized carbons (Fsp3) is 0.480. The van der Waals surface area contributed by atoms with E-state index in [1.54, 1.807) is 19.4 Å². The molecule has 0 bridgehead atoms. The molecule has 1 saturated carbocycles. The molecule has 0 unspecified atom stereocenters. The average Bonchev–Trinajstić information content (AvgIpc) is 2.85. The summed E-state index contributed by atoms with van der Waals surface area (Å²) in [7, 11) is 1.59. The van der Waals surface area contributed by atoms with E-state index in [-0.39, 0.29) is 30.2 Å². The van der Waals surface area contributed by atoms with Crippen LogP contribution in [0.4, 0.5) is 13.2 Å². The molecule has 1 aromatic heterocycles. The number of ether oxygens (including phenoxy) is 2. The Kier molecular flexibility index (Phi) is 7.97. The molecule has 4 rings (SSSR count). The number of aromatic nitrogens is 1. The summed E-state index contributed by atoms with van der Waals surface area (Å²) >= 11 is 0. The molecule has 0 atom stereocenters. The number of methoxy groups -OCH3 is 1. The first-order valence-electron chi connectivity index (χ1n) is 11.9. The highest BCUT2D eigenvalue weighted by molar-refractivity contribution is 5.96. The van der Waals surface area contributed by atoms with Crippen LogP contribution >= 0.6 is 0 Å². The summed E-state index contributed by atoms with van der Waals surface area (Å²) in [6, 6.07) is 8.12. The molecule has 2 amide bonds. The zero-order valence-corrected chi connectivity index (χ0v) is 19.9. The third kappa shape index (κ3) is 6.45. The third-order valence-corrected chi connectivity index (χ3v) is 6.53. The van der Waals surface area contributed by atoms with Gasteiger partial charge in [-0.05, 0) is 56.0 Å². The third-order valence-electron chi connectivity index (χ3n) is 6.53. The summed E-state index contributed by atoms with van der Waals surface area (Å²) in [4.78, 5) is 30.9. The second kappa shape index (κ2) is 11.2. The summed E-state index contributed by atoms with van der Waals surface area (Å²) in [6.45, 7) is 1.14. The van der Waals surface area contributed by atoms with E-state index in [2.05, 4.69) is 20.5 Å². The predicted octanol–water partition coefficient (Wildman–Crippen LogP) is 3.03. The highest BCUT2D eigenvalue weighted by atomic mass is 19.4. The molecule has 2 aliphatic rings. The Bertz CT molecular complexity index is 1070. The van der Waals surface area contributed by atoms with E-state index in [1.807, 2.05) is 6.07 Å². The molecule has 2 aromatic rings. The lowest BCUT2D eigenvalue weighted by Gasteiger charge is -2.46. The molecule has 0 spiro atoms. The van der Waals surface area contributed by atoms with Gasteiger partial charge in [-0.15, -0.1) is 0 Å². The van der Waals surface area contributed by atoms with Gasteiger partial charge in [0.25, 0.3) is 11.8 Å². The molecule has 36 heavy (non-hydrogen) atoms. The minimum atomic E-state index is -4.54. The van der Waals surface area contributed by atoms with Crippen molar-refractivity contribution in [2.75, 3.05) is 26.7 Å². The van der Waals surface area contributed by atoms with E-state index in [9.17, 15) is 22.8 Å². The number of hydrogen-bond acceptors (Lipinski definition) is 6. The molecule has 1 saturated heterocycles. The number of nitrogens with one attached hydrogen (secondary N) is 2. The Morgan fingerprint density at radius 2 is 1.86 bits per heavy atom. The van der Waals surface area contributed by atoms with E-state index in [4.69, 9.17) is 9.47 Å². The molecule has 2 N–H and O–H groups in total. The molecule has 2 heterocycles. The number of hydrogen-bond donors (Lipinski definition) is 2. The highest BCUT2D eigenvalue weighted by Crippen LogP contribution is 2.32. The molecule has 11 heteroatoms. The largest absolute Gasteiger partial charge is 0.491 e. The van der Waals surface area contributed by atoms with Crippen molar-refractivity contribution in [1.29, 1.82) is 0 Å². The number of alkyl halides is 3. The van der Waals surface area contributed by atoms with Crippen molar-refractivity contribution in [1.82, 2.24) is 20.5 Å². The molecule has 0 radical (unpaired) electrons. The fourth-order valence-electron chi connectivity index (χ4n) is 4.59. The van der Waals surface area contributed by atoms with Gasteiger partial charge in [-0.25, -0.2) is 4.98 Å². The van der Waals surface area contributed by atoms with E-state index in [0.717, 1.165) is 57.0 Å². The number of pyridine rings is 1. The van der Waals surface area contributed by atoms with Crippen LogP contribution in [-0.4, -0.2) is 66.6 Å². The van der Waals surface area contributed by atoms with Gasteiger partial charge in [0.2, 0.25) is 5.91 Å². The zero-order chi connectivity index (χ0) is 25.7. The van der Waals surface area contributed by atoms with Gasteiger partial charge in [0.15, 0.2) is 5.75 Å². The van der Waals surface area contributed by atoms with Crippen LogP contribution in [0.15, 0.2) is 42.6 Å². The highest BCUT2D eigenvalue weighted by Gasteiger charge is 2.36. The molecule has 1 aliphatic carbocycles. The van der Waals surface area contributed by atoms with Crippen LogP contribution < -0.4 is 20.1 Å². The van der Waals surface area contributed by atoms with Crippen molar-refractivity contribution in [3.05, 3.63) is 53.7 Å². The summed E-state index contributed by atoms with van der Waals surface area (Å²) in [5.41, 5.74) is -1.06. The van der Waals surface area contributed by atoms with Crippen molar-refractivity contribution < 1.29 is 32.2 Å². The number of rotatable bonds is 8. The molecule has 8 nitrogen and oxygen atoms in total. The topological polar surface area (TPSA) is 92.8 Å². The molecular formula is C25H29F3N4O4. The summed E-state index contributed by atoms with van der Waals surface area (Å²) in [5.74, 6) is 0.0254. The first kappa shape index (κ1) is 25.7. The Balaban J connectivity index is 1.14. The molecular weight excluding hydrogens is 477 g/mol. The van der Waals surface area contributed by atoms with E-state index >= 15 is 0 Å². The lowest BCUT2D eigenvalue weighted by atomic mass is 9.89. The molecule has 1 aromatic carbocycles. The number of amides is 2. The number of carbonyl (C=O) groups excluding carboxylic acids is 2. The first-order chi connectivity index (χ1) is 17.2. The van der Waals surface area contributed by atoms with Crippen LogP contribution in [-0.2, 0) is 11.0 Å². The molecule has 2 fully saturated rings. The van der Waals surface area contributed by atoms with Crippen LogP contribution in [0.25, 0.3) is 0 Å². The van der Waals surface area contributed by atoms with Crippen molar-refractivity contribution in [3.63, 3.8) is 0 Å². The number of nitrogens with zero attached hydrogens (tertiary/aromatic N) is 2. The van der Waals surface area contributed by atoms with Crippen LogP contribution in [0, 0.1) is 0 Å². The minimum Gasteiger partial charge on any atom is -0.491 e. The second-order valence-corrected chi connectivity index (χ2v) is 9.04. The maximum atomic E-state index is 12.8. The second-order valence-electron chi connectivity index (χ2n) is 9.04. The monoisotopic (exact) mass is 506 g/mol. The Morgan fingerprint density at radius 1 is 1.11 bits per heavy atom. The maximum Gasteiger partial charge on any atom is 0.416 e. The van der Waals surface area contributed by atoms with E-state index < -0.39 is 17.6 Å². The van der Waals surface area contributed by atoms with Gasteiger partial charge >= 0.3 is 6.18 Å². The molecule has 194 valence electrons. The summed E-state index contributed by atoms with van der Waals surface area (Å²) < 4.78 is 49.8. The van der Waals surface area contributed by atoms with Crippen molar-refractivity contribution >= 4 is 11.8 Å². The predicted molar refractivity (Wildman–Crippen MR) is 125 cm³/mol. The molecule has 1 aliphatic heterocycles. The van der Waals surface area contributed by atoms with Crippen LogP contribution in [0.5, 0.6) is 11.6 Å². The quantitative estimate of drug-likeness (QED) is 0.572. The van der Waals surface area contributed by atoms with Crippen molar-refractivity contribution in [2.45, 2.75) is 50.0 Å². The lowest BCUT2D eigenvalue weighted by Crippen LogP contribution is -2.63. The van der Waals surface area contributed by atoms with Gasteiger partial charge < -0.3 is 20.1 Å². The SMILES string of the molecule is COc1cccnc1OC1CCC(N2CC(NC(=O)CNC(=O)c3cccc(C(F)(F)F)c3)C2)CC1. The average molecular weight is 507 g/mol. The van der Waals surface area contributed by atoms with Gasteiger partial charge in [0.1, 0.15) is 6.10 Å². The number of benzene rings is 1. The van der Waals surface area contributed by atoms with Gasteiger partial charge in [0, 0.05) is 30.9 Å². The first-order valence-corrected chi connectivity index (χ1v) is 11.9. The number of carbonyl (C=O) groups is 2. The van der Waals surface area contributed by atoms with Crippen LogP contribution in [0.3, 0.4) is 0 Å². The smallest absolute Gasteiger partial charge is 0.416 e. The normalized spacial score (nSPS) is 20.8. The van der Waals surface area contributed by atoms with Gasteiger partial charge in [-0.3, -0.25) is 14.5 Å². The number of likely N-dealkylation sites (tertiary alicyclic amines) is 1. The van der Waals surface area contributed by atoms with Crippen LogP contribution in [0.2, 0.25) is 0 Å².